The van der Waals surface area contributed by atoms with E-state index in [4.69, 9.17) is 4.74 Å². The number of nitrogens with zero attached hydrogens (tertiary/aromatic N) is 1. The molecule has 84 valence electrons. The average molecular weight is 220 g/mol. The van der Waals surface area contributed by atoms with Crippen molar-refractivity contribution in [1.29, 1.82) is 0 Å². The first-order chi connectivity index (χ1) is 7.76. The van der Waals surface area contributed by atoms with E-state index in [9.17, 15) is 9.59 Å². The minimum Gasteiger partial charge on any atom is -0.482 e. The van der Waals surface area contributed by atoms with Gasteiger partial charge in [-0.15, -0.1) is 6.58 Å². The van der Waals surface area contributed by atoms with Gasteiger partial charge >= 0.3 is 0 Å². The Labute approximate surface area is 93.1 Å². The third-order valence-electron chi connectivity index (χ3n) is 1.69. The Morgan fingerprint density at radius 2 is 2.38 bits per heavy atom. The number of carbonyl (C=O) groups excluding carboxylic acids is 2. The summed E-state index contributed by atoms with van der Waals surface area (Å²) in [5.74, 6) is 0.207. The predicted octanol–water partition coefficient (Wildman–Crippen LogP) is 0.575. The second-order valence-corrected chi connectivity index (χ2v) is 2.92. The van der Waals surface area contributed by atoms with E-state index in [0.29, 0.717) is 24.3 Å². The van der Waals surface area contributed by atoms with E-state index in [1.165, 1.54) is 12.3 Å². The zero-order valence-corrected chi connectivity index (χ0v) is 8.68. The van der Waals surface area contributed by atoms with Crippen molar-refractivity contribution in [3.63, 3.8) is 0 Å². The van der Waals surface area contributed by atoms with E-state index in [2.05, 4.69) is 16.9 Å². The average Bonchev–Trinajstić information content (AvgIpc) is 2.34. The fourth-order valence-corrected chi connectivity index (χ4v) is 0.933. The van der Waals surface area contributed by atoms with E-state index in [0.717, 1.165) is 0 Å². The molecule has 0 saturated heterocycles. The number of hydrogen-bond donors (Lipinski definition) is 1. The number of pyridine rings is 1. The van der Waals surface area contributed by atoms with Crippen LogP contribution in [0.1, 0.15) is 10.5 Å². The molecule has 0 aliphatic rings. The van der Waals surface area contributed by atoms with Crippen molar-refractivity contribution in [3.05, 3.63) is 36.7 Å². The van der Waals surface area contributed by atoms with E-state index in [1.807, 2.05) is 0 Å². The first-order valence-electron chi connectivity index (χ1n) is 4.68. The summed E-state index contributed by atoms with van der Waals surface area (Å²) in [6.45, 7) is 3.79. The quantitative estimate of drug-likeness (QED) is 0.562. The van der Waals surface area contributed by atoms with Gasteiger partial charge in [0.05, 0.1) is 6.20 Å². The Hall–Kier alpha value is -2.17. The predicted molar refractivity (Wildman–Crippen MR) is 58.3 cm³/mol. The maximum absolute atomic E-state index is 11.1. The Balaban J connectivity index is 2.39. The van der Waals surface area contributed by atoms with Crippen molar-refractivity contribution in [2.45, 2.75) is 0 Å². The lowest BCUT2D eigenvalue weighted by Crippen LogP contribution is -2.28. The van der Waals surface area contributed by atoms with E-state index in [-0.39, 0.29) is 12.5 Å². The lowest BCUT2D eigenvalue weighted by Gasteiger charge is -2.05. The molecule has 1 aromatic rings. The monoisotopic (exact) mass is 220 g/mol. The van der Waals surface area contributed by atoms with Crippen LogP contribution in [0.25, 0.3) is 0 Å². The number of hydrogen-bond acceptors (Lipinski definition) is 4. The van der Waals surface area contributed by atoms with Crippen LogP contribution in [-0.4, -0.2) is 30.3 Å². The molecule has 0 aromatic carbocycles. The van der Waals surface area contributed by atoms with Crippen molar-refractivity contribution in [2.24, 2.45) is 0 Å². The summed E-state index contributed by atoms with van der Waals surface area (Å²) in [6, 6.07) is 3.10. The largest absolute Gasteiger partial charge is 0.482 e. The summed E-state index contributed by atoms with van der Waals surface area (Å²) in [4.78, 5) is 25.3. The van der Waals surface area contributed by atoms with Crippen LogP contribution in [0.15, 0.2) is 31.0 Å². The van der Waals surface area contributed by atoms with Crippen LogP contribution < -0.4 is 10.1 Å². The number of rotatable bonds is 6. The fourth-order valence-electron chi connectivity index (χ4n) is 0.933. The maximum atomic E-state index is 11.1. The summed E-state index contributed by atoms with van der Waals surface area (Å²) >= 11 is 0. The zero-order valence-electron chi connectivity index (χ0n) is 8.68. The molecule has 1 N–H and O–H groups in total. The lowest BCUT2D eigenvalue weighted by molar-refractivity contribution is -0.122. The lowest BCUT2D eigenvalue weighted by atomic mass is 10.4. The van der Waals surface area contributed by atoms with Gasteiger partial charge in [0.25, 0.3) is 5.91 Å². The summed E-state index contributed by atoms with van der Waals surface area (Å²) < 4.78 is 5.14. The van der Waals surface area contributed by atoms with Crippen molar-refractivity contribution < 1.29 is 14.3 Å². The number of ether oxygens (including phenoxy) is 1. The molecule has 0 aliphatic carbocycles. The minimum absolute atomic E-state index is 0.0873. The van der Waals surface area contributed by atoms with Gasteiger partial charge in [-0.3, -0.25) is 9.59 Å². The standard InChI is InChI=1S/C11H12N2O3/c1-2-5-12-11(15)8-16-10-4-3-9(7-14)13-6-10/h2-4,6-7H,1,5,8H2,(H,12,15). The molecule has 1 heterocycles. The van der Waals surface area contributed by atoms with Crippen molar-refractivity contribution >= 4 is 12.2 Å². The van der Waals surface area contributed by atoms with Crippen LogP contribution >= 0.6 is 0 Å². The van der Waals surface area contributed by atoms with Gasteiger partial charge in [-0.2, -0.15) is 0 Å². The highest BCUT2D eigenvalue weighted by Gasteiger charge is 2.01. The van der Waals surface area contributed by atoms with Crippen molar-refractivity contribution in [3.8, 4) is 5.75 Å². The van der Waals surface area contributed by atoms with Gasteiger partial charge in [-0.05, 0) is 12.1 Å². The summed E-state index contributed by atoms with van der Waals surface area (Å²) in [6.07, 6.45) is 3.61. The summed E-state index contributed by atoms with van der Waals surface area (Å²) in [5, 5.41) is 2.57. The third kappa shape index (κ3) is 3.91. The van der Waals surface area contributed by atoms with Gasteiger partial charge in [0.1, 0.15) is 11.4 Å². The van der Waals surface area contributed by atoms with Gasteiger partial charge in [-0.1, -0.05) is 6.08 Å². The number of aromatic nitrogens is 1. The topological polar surface area (TPSA) is 68.3 Å². The minimum atomic E-state index is -0.237. The molecule has 0 spiro atoms. The molecule has 16 heavy (non-hydrogen) atoms. The molecule has 0 atom stereocenters. The molecule has 1 aromatic heterocycles. The van der Waals surface area contributed by atoms with Gasteiger partial charge < -0.3 is 10.1 Å². The molecule has 0 saturated carbocycles. The van der Waals surface area contributed by atoms with Crippen LogP contribution in [0.3, 0.4) is 0 Å². The smallest absolute Gasteiger partial charge is 0.258 e. The Bertz CT molecular complexity index is 373. The Morgan fingerprint density at radius 3 is 2.94 bits per heavy atom. The van der Waals surface area contributed by atoms with Gasteiger partial charge in [-0.25, -0.2) is 4.98 Å². The molecule has 0 radical (unpaired) electrons. The van der Waals surface area contributed by atoms with Gasteiger partial charge in [0.15, 0.2) is 12.9 Å². The molecule has 0 bridgehead atoms. The molecule has 5 heteroatoms. The van der Waals surface area contributed by atoms with Gasteiger partial charge in [0, 0.05) is 6.54 Å². The van der Waals surface area contributed by atoms with Crippen LogP contribution in [0, 0.1) is 0 Å². The maximum Gasteiger partial charge on any atom is 0.258 e. The summed E-state index contributed by atoms with van der Waals surface area (Å²) in [5.41, 5.74) is 0.323. The Morgan fingerprint density at radius 1 is 1.56 bits per heavy atom. The molecule has 1 amide bonds. The molecule has 1 rings (SSSR count). The first kappa shape index (κ1) is 11.9. The number of carbonyl (C=O) groups is 2. The van der Waals surface area contributed by atoms with Crippen LogP contribution in [0.5, 0.6) is 5.75 Å². The molecule has 0 fully saturated rings. The summed E-state index contributed by atoms with van der Waals surface area (Å²) in [7, 11) is 0. The Kier molecular flexibility index (Phi) is 4.72. The number of amides is 1. The van der Waals surface area contributed by atoms with E-state index < -0.39 is 0 Å². The van der Waals surface area contributed by atoms with Gasteiger partial charge in [0.2, 0.25) is 0 Å². The molecule has 0 unspecified atom stereocenters. The second-order valence-electron chi connectivity index (χ2n) is 2.92. The third-order valence-corrected chi connectivity index (χ3v) is 1.69. The SMILES string of the molecule is C=CCNC(=O)COc1ccc(C=O)nc1. The fraction of sp³-hybridized carbons (Fsp3) is 0.182. The molecule has 5 nitrogen and oxygen atoms in total. The second kappa shape index (κ2) is 6.34. The number of aldehydes is 1. The highest BCUT2D eigenvalue weighted by atomic mass is 16.5. The number of nitrogens with one attached hydrogen (secondary N) is 1. The van der Waals surface area contributed by atoms with Crippen molar-refractivity contribution in [1.82, 2.24) is 10.3 Å². The van der Waals surface area contributed by atoms with E-state index >= 15 is 0 Å². The highest BCUT2D eigenvalue weighted by molar-refractivity contribution is 5.77. The normalized spacial score (nSPS) is 9.25. The zero-order chi connectivity index (χ0) is 11.8. The highest BCUT2D eigenvalue weighted by Crippen LogP contribution is 2.07. The van der Waals surface area contributed by atoms with Crippen molar-refractivity contribution in [2.75, 3.05) is 13.2 Å². The van der Waals surface area contributed by atoms with Crippen LogP contribution in [0.4, 0.5) is 0 Å². The molecule has 0 aliphatic heterocycles. The molecular weight excluding hydrogens is 208 g/mol. The van der Waals surface area contributed by atoms with Crippen LogP contribution in [-0.2, 0) is 4.79 Å². The van der Waals surface area contributed by atoms with E-state index in [1.54, 1.807) is 12.1 Å². The van der Waals surface area contributed by atoms with Crippen LogP contribution in [0.2, 0.25) is 0 Å². The molecular formula is C11H12N2O3. The first-order valence-corrected chi connectivity index (χ1v) is 4.68.